The van der Waals surface area contributed by atoms with Crippen LogP contribution in [0.2, 0.25) is 10.0 Å². The highest BCUT2D eigenvalue weighted by Crippen LogP contribution is 2.25. The van der Waals surface area contributed by atoms with Gasteiger partial charge < -0.3 is 5.11 Å². The Kier molecular flexibility index (Phi) is 4.23. The standard InChI is InChI=1S/C14H13Cl2NO/c1-9-3-2-6-17-14(9)13(18)8-10-4-5-11(15)12(16)7-10/h2-7,13,18H,8H2,1H3. The predicted molar refractivity (Wildman–Crippen MR) is 74.1 cm³/mol. The molecule has 1 aromatic heterocycles. The van der Waals surface area contributed by atoms with Crippen molar-refractivity contribution in [1.82, 2.24) is 4.98 Å². The lowest BCUT2D eigenvalue weighted by Gasteiger charge is -2.12. The number of aliphatic hydroxyl groups excluding tert-OH is 1. The van der Waals surface area contributed by atoms with Crippen LogP contribution >= 0.6 is 23.2 Å². The van der Waals surface area contributed by atoms with Crippen molar-refractivity contribution >= 4 is 23.2 Å². The highest BCUT2D eigenvalue weighted by Gasteiger charge is 2.13. The first-order valence-corrected chi connectivity index (χ1v) is 6.37. The normalized spacial score (nSPS) is 12.4. The first kappa shape index (κ1) is 13.3. The molecule has 0 aliphatic rings. The van der Waals surface area contributed by atoms with Crippen molar-refractivity contribution in [2.75, 3.05) is 0 Å². The molecule has 2 aromatic rings. The van der Waals surface area contributed by atoms with Crippen LogP contribution in [0.4, 0.5) is 0 Å². The van der Waals surface area contributed by atoms with Gasteiger partial charge in [0.15, 0.2) is 0 Å². The fraction of sp³-hybridized carbons (Fsp3) is 0.214. The minimum atomic E-state index is -0.636. The van der Waals surface area contributed by atoms with Crippen molar-refractivity contribution in [2.45, 2.75) is 19.4 Å². The van der Waals surface area contributed by atoms with E-state index in [9.17, 15) is 5.11 Å². The first-order chi connectivity index (χ1) is 8.58. The molecule has 1 atom stereocenters. The quantitative estimate of drug-likeness (QED) is 0.923. The number of hydrogen-bond acceptors (Lipinski definition) is 2. The molecule has 0 amide bonds. The summed E-state index contributed by atoms with van der Waals surface area (Å²) in [5, 5.41) is 11.2. The van der Waals surface area contributed by atoms with Crippen LogP contribution in [-0.2, 0) is 6.42 Å². The molecule has 1 unspecified atom stereocenters. The Morgan fingerprint density at radius 1 is 1.22 bits per heavy atom. The molecular formula is C14H13Cl2NO. The van der Waals surface area contributed by atoms with E-state index in [0.717, 1.165) is 11.1 Å². The van der Waals surface area contributed by atoms with Crippen molar-refractivity contribution in [3.05, 3.63) is 63.4 Å². The molecular weight excluding hydrogens is 269 g/mol. The summed E-state index contributed by atoms with van der Waals surface area (Å²) in [6.07, 6.45) is 1.51. The molecule has 94 valence electrons. The predicted octanol–water partition coefficient (Wildman–Crippen LogP) is 3.97. The number of rotatable bonds is 3. The van der Waals surface area contributed by atoms with Crippen molar-refractivity contribution in [1.29, 1.82) is 0 Å². The van der Waals surface area contributed by atoms with Gasteiger partial charge >= 0.3 is 0 Å². The number of nitrogens with zero attached hydrogens (tertiary/aromatic N) is 1. The Balaban J connectivity index is 2.19. The van der Waals surface area contributed by atoms with Gasteiger partial charge in [0, 0.05) is 12.6 Å². The fourth-order valence-corrected chi connectivity index (χ4v) is 2.15. The van der Waals surface area contributed by atoms with Crippen LogP contribution in [0, 0.1) is 6.92 Å². The molecule has 2 nitrogen and oxygen atoms in total. The van der Waals surface area contributed by atoms with E-state index < -0.39 is 6.10 Å². The van der Waals surface area contributed by atoms with E-state index in [1.807, 2.05) is 25.1 Å². The van der Waals surface area contributed by atoms with Gasteiger partial charge in [-0.15, -0.1) is 0 Å². The molecule has 4 heteroatoms. The van der Waals surface area contributed by atoms with E-state index in [0.29, 0.717) is 22.2 Å². The molecule has 0 bridgehead atoms. The number of halogens is 2. The topological polar surface area (TPSA) is 33.1 Å². The summed E-state index contributed by atoms with van der Waals surface area (Å²) in [5.74, 6) is 0. The lowest BCUT2D eigenvalue weighted by atomic mass is 10.0. The molecule has 0 fully saturated rings. The summed E-state index contributed by atoms with van der Waals surface area (Å²) in [5.41, 5.74) is 2.61. The van der Waals surface area contributed by atoms with E-state index in [-0.39, 0.29) is 0 Å². The van der Waals surface area contributed by atoms with Gasteiger partial charge in [-0.3, -0.25) is 4.98 Å². The van der Waals surface area contributed by atoms with Gasteiger partial charge in [0.25, 0.3) is 0 Å². The van der Waals surface area contributed by atoms with Gasteiger partial charge in [0.05, 0.1) is 15.7 Å². The SMILES string of the molecule is Cc1cccnc1C(O)Cc1ccc(Cl)c(Cl)c1. The monoisotopic (exact) mass is 281 g/mol. The molecule has 0 saturated heterocycles. The van der Waals surface area contributed by atoms with Crippen LogP contribution in [0.5, 0.6) is 0 Å². The number of aromatic nitrogens is 1. The number of hydrogen-bond donors (Lipinski definition) is 1. The van der Waals surface area contributed by atoms with Gasteiger partial charge in [-0.2, -0.15) is 0 Å². The molecule has 0 spiro atoms. The van der Waals surface area contributed by atoms with E-state index in [1.165, 1.54) is 0 Å². The first-order valence-electron chi connectivity index (χ1n) is 5.61. The van der Waals surface area contributed by atoms with E-state index in [4.69, 9.17) is 23.2 Å². The lowest BCUT2D eigenvalue weighted by Crippen LogP contribution is -2.06. The van der Waals surface area contributed by atoms with Gasteiger partial charge in [-0.05, 0) is 36.2 Å². The number of aliphatic hydroxyl groups is 1. The zero-order valence-electron chi connectivity index (χ0n) is 9.90. The van der Waals surface area contributed by atoms with Crippen molar-refractivity contribution in [3.8, 4) is 0 Å². The van der Waals surface area contributed by atoms with E-state index in [2.05, 4.69) is 4.98 Å². The zero-order valence-corrected chi connectivity index (χ0v) is 11.4. The van der Waals surface area contributed by atoms with Crippen LogP contribution in [-0.4, -0.2) is 10.1 Å². The molecule has 0 saturated carbocycles. The number of aryl methyl sites for hydroxylation is 1. The van der Waals surface area contributed by atoms with Crippen LogP contribution in [0.1, 0.15) is 22.9 Å². The second-order valence-electron chi connectivity index (χ2n) is 4.17. The minimum Gasteiger partial charge on any atom is -0.386 e. The summed E-state index contributed by atoms with van der Waals surface area (Å²) in [6.45, 7) is 1.93. The minimum absolute atomic E-state index is 0.467. The summed E-state index contributed by atoms with van der Waals surface area (Å²) < 4.78 is 0. The summed E-state index contributed by atoms with van der Waals surface area (Å²) in [7, 11) is 0. The molecule has 0 aliphatic heterocycles. The third kappa shape index (κ3) is 3.02. The Morgan fingerprint density at radius 2 is 2.00 bits per heavy atom. The van der Waals surface area contributed by atoms with Gasteiger partial charge in [-0.25, -0.2) is 0 Å². The molecule has 18 heavy (non-hydrogen) atoms. The fourth-order valence-electron chi connectivity index (χ4n) is 1.83. The van der Waals surface area contributed by atoms with Crippen LogP contribution in [0.15, 0.2) is 36.5 Å². The van der Waals surface area contributed by atoms with Crippen molar-refractivity contribution in [2.24, 2.45) is 0 Å². The maximum Gasteiger partial charge on any atom is 0.100 e. The second-order valence-corrected chi connectivity index (χ2v) is 4.99. The number of pyridine rings is 1. The molecule has 1 N–H and O–H groups in total. The molecule has 1 aromatic carbocycles. The maximum absolute atomic E-state index is 10.2. The van der Waals surface area contributed by atoms with Gasteiger partial charge in [-0.1, -0.05) is 35.3 Å². The Labute approximate surface area is 116 Å². The second kappa shape index (κ2) is 5.70. The van der Waals surface area contributed by atoms with Crippen molar-refractivity contribution < 1.29 is 5.11 Å². The third-order valence-electron chi connectivity index (χ3n) is 2.78. The maximum atomic E-state index is 10.2. The number of benzene rings is 1. The summed E-state index contributed by atoms with van der Waals surface area (Å²) >= 11 is 11.8. The smallest absolute Gasteiger partial charge is 0.100 e. The highest BCUT2D eigenvalue weighted by molar-refractivity contribution is 6.42. The van der Waals surface area contributed by atoms with E-state index >= 15 is 0 Å². The zero-order chi connectivity index (χ0) is 13.1. The Morgan fingerprint density at radius 3 is 2.67 bits per heavy atom. The summed E-state index contributed by atoms with van der Waals surface area (Å²) in [4.78, 5) is 4.21. The lowest BCUT2D eigenvalue weighted by molar-refractivity contribution is 0.173. The largest absolute Gasteiger partial charge is 0.386 e. The van der Waals surface area contributed by atoms with Crippen molar-refractivity contribution in [3.63, 3.8) is 0 Å². The van der Waals surface area contributed by atoms with Gasteiger partial charge in [0.2, 0.25) is 0 Å². The molecule has 1 heterocycles. The van der Waals surface area contributed by atoms with Crippen LogP contribution < -0.4 is 0 Å². The Bertz CT molecular complexity index is 557. The van der Waals surface area contributed by atoms with E-state index in [1.54, 1.807) is 18.3 Å². The highest BCUT2D eigenvalue weighted by atomic mass is 35.5. The van der Waals surface area contributed by atoms with Gasteiger partial charge in [0.1, 0.15) is 6.10 Å². The average molecular weight is 282 g/mol. The molecule has 0 radical (unpaired) electrons. The summed E-state index contributed by atoms with van der Waals surface area (Å²) in [6, 6.07) is 9.14. The average Bonchev–Trinajstić information content (AvgIpc) is 2.34. The Hall–Kier alpha value is -1.09. The van der Waals surface area contributed by atoms with Crippen LogP contribution in [0.25, 0.3) is 0 Å². The third-order valence-corrected chi connectivity index (χ3v) is 3.52. The van der Waals surface area contributed by atoms with Crippen LogP contribution in [0.3, 0.4) is 0 Å². The molecule has 0 aliphatic carbocycles. The molecule has 2 rings (SSSR count).